The summed E-state index contributed by atoms with van der Waals surface area (Å²) in [5, 5.41) is 3.69. The molecule has 0 atom stereocenters. The Morgan fingerprint density at radius 2 is 1.94 bits per heavy atom. The fourth-order valence-electron chi connectivity index (χ4n) is 2.53. The molecular weight excluding hydrogens is 224 g/mol. The molecule has 0 spiro atoms. The lowest BCUT2D eigenvalue weighted by atomic mass is 10.0. The number of nitrogens with one attached hydrogen (secondary N) is 1. The van der Waals surface area contributed by atoms with E-state index in [4.69, 9.17) is 4.74 Å². The van der Waals surface area contributed by atoms with Crippen molar-refractivity contribution in [3.05, 3.63) is 0 Å². The van der Waals surface area contributed by atoms with Crippen LogP contribution in [0.2, 0.25) is 0 Å². The average Bonchev–Trinajstić information content (AvgIpc) is 2.35. The predicted octanol–water partition coefficient (Wildman–Crippen LogP) is 2.66. The van der Waals surface area contributed by atoms with Crippen LogP contribution in [-0.4, -0.2) is 49.8 Å². The smallest absolute Gasteiger partial charge is 0.0518 e. The first kappa shape index (κ1) is 15.9. The van der Waals surface area contributed by atoms with E-state index in [-0.39, 0.29) is 0 Å². The monoisotopic (exact) mass is 256 g/mol. The molecule has 3 heteroatoms. The first-order valence-electron chi connectivity index (χ1n) is 7.79. The van der Waals surface area contributed by atoms with Gasteiger partial charge in [-0.1, -0.05) is 6.92 Å². The summed E-state index contributed by atoms with van der Waals surface area (Å²) in [4.78, 5) is 2.59. The molecule has 1 aliphatic heterocycles. The van der Waals surface area contributed by atoms with Gasteiger partial charge in [0.1, 0.15) is 0 Å². The molecule has 1 aliphatic rings. The van der Waals surface area contributed by atoms with Gasteiger partial charge in [-0.25, -0.2) is 0 Å². The van der Waals surface area contributed by atoms with E-state index in [1.165, 1.54) is 51.7 Å². The van der Waals surface area contributed by atoms with Crippen molar-refractivity contribution in [1.82, 2.24) is 10.2 Å². The minimum Gasteiger partial charge on any atom is -0.379 e. The zero-order chi connectivity index (χ0) is 13.2. The Hall–Kier alpha value is -0.120. The van der Waals surface area contributed by atoms with Crippen molar-refractivity contribution in [1.29, 1.82) is 0 Å². The highest BCUT2D eigenvalue weighted by atomic mass is 16.5. The minimum absolute atomic E-state index is 0.376. The van der Waals surface area contributed by atoms with Crippen LogP contribution >= 0.6 is 0 Å². The van der Waals surface area contributed by atoms with Crippen LogP contribution in [-0.2, 0) is 4.74 Å². The lowest BCUT2D eigenvalue weighted by Crippen LogP contribution is -2.42. The van der Waals surface area contributed by atoms with E-state index < -0.39 is 0 Å². The Kier molecular flexibility index (Phi) is 8.64. The van der Waals surface area contributed by atoms with Crippen LogP contribution in [0.5, 0.6) is 0 Å². The molecule has 0 unspecified atom stereocenters. The van der Waals surface area contributed by atoms with Gasteiger partial charge in [-0.2, -0.15) is 0 Å². The molecule has 0 saturated carbocycles. The van der Waals surface area contributed by atoms with Crippen LogP contribution in [0, 0.1) is 0 Å². The summed E-state index contributed by atoms with van der Waals surface area (Å²) in [6, 6.07) is 0.754. The lowest BCUT2D eigenvalue weighted by Gasteiger charge is -2.32. The number of nitrogens with zero attached hydrogens (tertiary/aromatic N) is 1. The van der Waals surface area contributed by atoms with Crippen molar-refractivity contribution in [3.63, 3.8) is 0 Å². The first-order valence-corrected chi connectivity index (χ1v) is 7.79. The third kappa shape index (κ3) is 7.34. The number of hydrogen-bond acceptors (Lipinski definition) is 3. The quantitative estimate of drug-likeness (QED) is 0.642. The SMILES string of the molecule is CCCN1CCC(NCCCCOC(C)C)CC1. The van der Waals surface area contributed by atoms with Crippen molar-refractivity contribution < 1.29 is 4.74 Å². The number of likely N-dealkylation sites (tertiary alicyclic amines) is 1. The van der Waals surface area contributed by atoms with Crippen molar-refractivity contribution in [2.45, 2.75) is 65.0 Å². The van der Waals surface area contributed by atoms with Gasteiger partial charge in [-0.15, -0.1) is 0 Å². The summed E-state index contributed by atoms with van der Waals surface area (Å²) in [7, 11) is 0. The molecule has 0 aromatic carbocycles. The fraction of sp³-hybridized carbons (Fsp3) is 1.00. The number of hydrogen-bond donors (Lipinski definition) is 1. The molecule has 1 N–H and O–H groups in total. The van der Waals surface area contributed by atoms with E-state index in [2.05, 4.69) is 31.0 Å². The zero-order valence-electron chi connectivity index (χ0n) is 12.6. The molecule has 3 nitrogen and oxygen atoms in total. The topological polar surface area (TPSA) is 24.5 Å². The average molecular weight is 256 g/mol. The Morgan fingerprint density at radius 1 is 1.22 bits per heavy atom. The van der Waals surface area contributed by atoms with E-state index >= 15 is 0 Å². The van der Waals surface area contributed by atoms with Gasteiger partial charge >= 0.3 is 0 Å². The molecule has 0 aromatic rings. The van der Waals surface area contributed by atoms with Crippen LogP contribution in [0.15, 0.2) is 0 Å². The molecule has 108 valence electrons. The van der Waals surface area contributed by atoms with E-state index in [1.807, 2.05) is 0 Å². The predicted molar refractivity (Wildman–Crippen MR) is 78.1 cm³/mol. The minimum atomic E-state index is 0.376. The Labute approximate surface area is 113 Å². The van der Waals surface area contributed by atoms with Gasteiger partial charge in [-0.05, 0) is 72.1 Å². The van der Waals surface area contributed by atoms with E-state index in [0.29, 0.717) is 6.10 Å². The second-order valence-corrected chi connectivity index (χ2v) is 5.70. The number of ether oxygens (including phenoxy) is 1. The molecule has 0 bridgehead atoms. The maximum atomic E-state index is 5.54. The lowest BCUT2D eigenvalue weighted by molar-refractivity contribution is 0.0758. The third-order valence-electron chi connectivity index (χ3n) is 3.58. The largest absolute Gasteiger partial charge is 0.379 e. The van der Waals surface area contributed by atoms with Gasteiger partial charge in [0, 0.05) is 12.6 Å². The first-order chi connectivity index (χ1) is 8.72. The van der Waals surface area contributed by atoms with Gasteiger partial charge in [0.2, 0.25) is 0 Å². The molecule has 0 radical (unpaired) electrons. The summed E-state index contributed by atoms with van der Waals surface area (Å²) >= 11 is 0. The van der Waals surface area contributed by atoms with Gasteiger partial charge in [0.15, 0.2) is 0 Å². The van der Waals surface area contributed by atoms with Crippen LogP contribution in [0.4, 0.5) is 0 Å². The molecule has 0 aliphatic carbocycles. The summed E-state index contributed by atoms with van der Waals surface area (Å²) in [5.74, 6) is 0. The second-order valence-electron chi connectivity index (χ2n) is 5.70. The zero-order valence-corrected chi connectivity index (χ0v) is 12.6. The van der Waals surface area contributed by atoms with E-state index in [9.17, 15) is 0 Å². The Bertz CT molecular complexity index is 189. The molecule has 0 aromatic heterocycles. The Morgan fingerprint density at radius 3 is 2.56 bits per heavy atom. The summed E-state index contributed by atoms with van der Waals surface area (Å²) in [6.45, 7) is 12.4. The summed E-state index contributed by atoms with van der Waals surface area (Å²) < 4.78 is 5.54. The highest BCUT2D eigenvalue weighted by Gasteiger charge is 2.17. The van der Waals surface area contributed by atoms with Crippen LogP contribution in [0.25, 0.3) is 0 Å². The van der Waals surface area contributed by atoms with Crippen molar-refractivity contribution in [2.24, 2.45) is 0 Å². The van der Waals surface area contributed by atoms with Crippen molar-refractivity contribution in [2.75, 3.05) is 32.8 Å². The molecule has 18 heavy (non-hydrogen) atoms. The van der Waals surface area contributed by atoms with Crippen LogP contribution in [0.3, 0.4) is 0 Å². The normalized spacial score (nSPS) is 18.7. The molecule has 1 heterocycles. The van der Waals surface area contributed by atoms with E-state index in [0.717, 1.165) is 19.2 Å². The fourth-order valence-corrected chi connectivity index (χ4v) is 2.53. The molecule has 0 amide bonds. The molecule has 1 fully saturated rings. The summed E-state index contributed by atoms with van der Waals surface area (Å²) in [6.07, 6.45) is 6.72. The molecule has 1 saturated heterocycles. The standard InChI is InChI=1S/C15H32N2O/c1-4-10-17-11-7-15(8-12-17)16-9-5-6-13-18-14(2)3/h14-16H,4-13H2,1-3H3. The molecular formula is C15H32N2O. The van der Waals surface area contributed by atoms with Crippen LogP contribution in [0.1, 0.15) is 52.9 Å². The van der Waals surface area contributed by atoms with Crippen LogP contribution < -0.4 is 5.32 Å². The van der Waals surface area contributed by atoms with Gasteiger partial charge < -0.3 is 15.0 Å². The maximum absolute atomic E-state index is 5.54. The van der Waals surface area contributed by atoms with Gasteiger partial charge in [0.05, 0.1) is 6.10 Å². The summed E-state index contributed by atoms with van der Waals surface area (Å²) in [5.41, 5.74) is 0. The highest BCUT2D eigenvalue weighted by Crippen LogP contribution is 2.10. The third-order valence-corrected chi connectivity index (χ3v) is 3.58. The van der Waals surface area contributed by atoms with E-state index in [1.54, 1.807) is 0 Å². The highest BCUT2D eigenvalue weighted by molar-refractivity contribution is 4.76. The van der Waals surface area contributed by atoms with Gasteiger partial charge in [0.25, 0.3) is 0 Å². The number of unbranched alkanes of at least 4 members (excludes halogenated alkanes) is 1. The van der Waals surface area contributed by atoms with Crippen molar-refractivity contribution in [3.8, 4) is 0 Å². The Balaban J connectivity index is 1.91. The second kappa shape index (κ2) is 9.76. The maximum Gasteiger partial charge on any atom is 0.0518 e. The van der Waals surface area contributed by atoms with Gasteiger partial charge in [-0.3, -0.25) is 0 Å². The number of rotatable bonds is 9. The number of piperidine rings is 1. The van der Waals surface area contributed by atoms with Crippen molar-refractivity contribution >= 4 is 0 Å². The molecule has 1 rings (SSSR count).